The second-order valence-electron chi connectivity index (χ2n) is 6.13. The Balaban J connectivity index is 1.58. The highest BCUT2D eigenvalue weighted by Crippen LogP contribution is 2.23. The average molecular weight is 322 g/mol. The predicted octanol–water partition coefficient (Wildman–Crippen LogP) is 1.86. The highest BCUT2D eigenvalue weighted by molar-refractivity contribution is 7.99. The van der Waals surface area contributed by atoms with Gasteiger partial charge in [0.05, 0.1) is 11.8 Å². The number of piperazine rings is 1. The number of carbonyl (C=O) groups is 1. The lowest BCUT2D eigenvalue weighted by atomic mass is 10.1. The van der Waals surface area contributed by atoms with E-state index in [9.17, 15) is 4.79 Å². The fourth-order valence-corrected chi connectivity index (χ4v) is 4.57. The second-order valence-corrected chi connectivity index (χ2v) is 7.36. The van der Waals surface area contributed by atoms with Crippen LogP contribution in [0.15, 0.2) is 6.20 Å². The van der Waals surface area contributed by atoms with Crippen LogP contribution in [-0.4, -0.2) is 69.2 Å². The first-order valence-electron chi connectivity index (χ1n) is 8.34. The van der Waals surface area contributed by atoms with Crippen molar-refractivity contribution in [2.45, 2.75) is 39.3 Å². The third-order valence-electron chi connectivity index (χ3n) is 4.94. The maximum absolute atomic E-state index is 12.7. The molecule has 2 aliphatic rings. The van der Waals surface area contributed by atoms with Crippen LogP contribution in [0.4, 0.5) is 0 Å². The number of thioether (sulfide) groups is 1. The Hall–Kier alpha value is -1.01. The van der Waals surface area contributed by atoms with Gasteiger partial charge in [-0.15, -0.1) is 0 Å². The molecular formula is C16H26N4OS. The number of carbonyl (C=O) groups excluding carboxylic acids is 1. The maximum atomic E-state index is 12.7. The number of hydrogen-bond acceptors (Lipinski definition) is 4. The lowest BCUT2D eigenvalue weighted by Crippen LogP contribution is -2.52. The van der Waals surface area contributed by atoms with E-state index in [2.05, 4.69) is 28.7 Å². The Bertz CT molecular complexity index is 516. The van der Waals surface area contributed by atoms with Gasteiger partial charge in [0.2, 0.25) is 0 Å². The monoisotopic (exact) mass is 322 g/mol. The van der Waals surface area contributed by atoms with Gasteiger partial charge in [-0.25, -0.2) is 0 Å². The summed E-state index contributed by atoms with van der Waals surface area (Å²) in [6.07, 6.45) is 4.34. The van der Waals surface area contributed by atoms with E-state index in [1.807, 2.05) is 16.5 Å². The molecule has 3 heterocycles. The number of rotatable bonds is 3. The molecular weight excluding hydrogens is 296 g/mol. The van der Waals surface area contributed by atoms with E-state index in [0.29, 0.717) is 0 Å². The minimum atomic E-state index is 0.149. The molecule has 2 fully saturated rings. The van der Waals surface area contributed by atoms with Gasteiger partial charge in [-0.2, -0.15) is 16.9 Å². The van der Waals surface area contributed by atoms with Crippen LogP contribution in [0, 0.1) is 6.92 Å². The van der Waals surface area contributed by atoms with Gasteiger partial charge in [-0.1, -0.05) is 0 Å². The van der Waals surface area contributed by atoms with E-state index in [1.54, 1.807) is 6.20 Å². The summed E-state index contributed by atoms with van der Waals surface area (Å²) in [5.74, 6) is 2.73. The van der Waals surface area contributed by atoms with Crippen LogP contribution in [0.1, 0.15) is 35.8 Å². The van der Waals surface area contributed by atoms with Crippen LogP contribution < -0.4 is 0 Å². The zero-order chi connectivity index (χ0) is 15.5. The van der Waals surface area contributed by atoms with Crippen LogP contribution in [0.3, 0.4) is 0 Å². The minimum Gasteiger partial charge on any atom is -0.336 e. The fraction of sp³-hybridized carbons (Fsp3) is 0.750. The molecule has 3 rings (SSSR count). The lowest BCUT2D eigenvalue weighted by molar-refractivity contribution is 0.0558. The molecule has 1 aromatic rings. The average Bonchev–Trinajstić information content (AvgIpc) is 2.96. The third-order valence-corrected chi connectivity index (χ3v) is 5.99. The number of amides is 1. The van der Waals surface area contributed by atoms with Crippen LogP contribution >= 0.6 is 11.8 Å². The van der Waals surface area contributed by atoms with Crippen LogP contribution in [0.2, 0.25) is 0 Å². The fourth-order valence-electron chi connectivity index (χ4n) is 3.49. The van der Waals surface area contributed by atoms with Gasteiger partial charge in [0.15, 0.2) is 0 Å². The van der Waals surface area contributed by atoms with E-state index >= 15 is 0 Å². The summed E-state index contributed by atoms with van der Waals surface area (Å²) in [7, 11) is 0. The van der Waals surface area contributed by atoms with E-state index in [0.717, 1.165) is 50.0 Å². The highest BCUT2D eigenvalue weighted by Gasteiger charge is 2.28. The summed E-state index contributed by atoms with van der Waals surface area (Å²) in [5.41, 5.74) is 1.75. The molecule has 0 radical (unpaired) electrons. The van der Waals surface area contributed by atoms with Gasteiger partial charge in [-0.3, -0.25) is 14.4 Å². The van der Waals surface area contributed by atoms with Crippen molar-refractivity contribution >= 4 is 17.7 Å². The molecule has 0 aliphatic carbocycles. The number of nitrogens with zero attached hydrogens (tertiary/aromatic N) is 4. The highest BCUT2D eigenvalue weighted by atomic mass is 32.2. The zero-order valence-electron chi connectivity index (χ0n) is 13.6. The van der Waals surface area contributed by atoms with E-state index in [1.165, 1.54) is 24.3 Å². The first-order valence-corrected chi connectivity index (χ1v) is 9.49. The molecule has 0 saturated carbocycles. The van der Waals surface area contributed by atoms with Crippen LogP contribution in [-0.2, 0) is 6.54 Å². The molecule has 0 atom stereocenters. The summed E-state index contributed by atoms with van der Waals surface area (Å²) in [4.78, 5) is 17.3. The Labute approximate surface area is 137 Å². The largest absolute Gasteiger partial charge is 0.336 e. The van der Waals surface area contributed by atoms with Crippen molar-refractivity contribution in [3.63, 3.8) is 0 Å². The van der Waals surface area contributed by atoms with E-state index in [-0.39, 0.29) is 5.91 Å². The van der Waals surface area contributed by atoms with Crippen molar-refractivity contribution < 1.29 is 4.79 Å². The topological polar surface area (TPSA) is 41.4 Å². The minimum absolute atomic E-state index is 0.149. The third kappa shape index (κ3) is 3.18. The number of aromatic nitrogens is 2. The predicted molar refractivity (Wildman–Crippen MR) is 90.5 cm³/mol. The normalized spacial score (nSPS) is 21.3. The molecule has 122 valence electrons. The first-order chi connectivity index (χ1) is 10.7. The van der Waals surface area contributed by atoms with Gasteiger partial charge in [0.1, 0.15) is 0 Å². The van der Waals surface area contributed by atoms with Crippen molar-refractivity contribution in [1.29, 1.82) is 0 Å². The molecule has 22 heavy (non-hydrogen) atoms. The molecule has 6 heteroatoms. The van der Waals surface area contributed by atoms with E-state index in [4.69, 9.17) is 0 Å². The SMILES string of the molecule is CCn1ncc(C(=O)N2CCN(C3CCSCC3)CC2)c1C. The molecule has 1 aromatic heterocycles. The summed E-state index contributed by atoms with van der Waals surface area (Å²) < 4.78 is 1.89. The molecule has 0 bridgehead atoms. The second kappa shape index (κ2) is 7.04. The van der Waals surface area contributed by atoms with Gasteiger partial charge in [0.25, 0.3) is 5.91 Å². The standard InChI is InChI=1S/C16H26N4OS/c1-3-20-13(2)15(12-17-20)16(21)19-8-6-18(7-9-19)14-4-10-22-11-5-14/h12,14H,3-11H2,1-2H3. The quantitative estimate of drug-likeness (QED) is 0.852. The molecule has 2 saturated heterocycles. The zero-order valence-corrected chi connectivity index (χ0v) is 14.4. The molecule has 0 spiro atoms. The molecule has 0 unspecified atom stereocenters. The number of aryl methyl sites for hydroxylation is 1. The van der Waals surface area contributed by atoms with Crippen molar-refractivity contribution in [2.75, 3.05) is 37.7 Å². The summed E-state index contributed by atoms with van der Waals surface area (Å²) >= 11 is 2.07. The van der Waals surface area contributed by atoms with Crippen LogP contribution in [0.5, 0.6) is 0 Å². The maximum Gasteiger partial charge on any atom is 0.257 e. The van der Waals surface area contributed by atoms with Gasteiger partial charge < -0.3 is 4.90 Å². The summed E-state index contributed by atoms with van der Waals surface area (Å²) in [6, 6.07) is 0.739. The number of hydrogen-bond donors (Lipinski definition) is 0. The van der Waals surface area contributed by atoms with Crippen LogP contribution in [0.25, 0.3) is 0 Å². The summed E-state index contributed by atoms with van der Waals surface area (Å²) in [5, 5.41) is 4.29. The van der Waals surface area contributed by atoms with Gasteiger partial charge in [0, 0.05) is 44.5 Å². The Morgan fingerprint density at radius 3 is 2.55 bits per heavy atom. The van der Waals surface area contributed by atoms with Gasteiger partial charge >= 0.3 is 0 Å². The Kier molecular flexibility index (Phi) is 5.08. The molecule has 0 N–H and O–H groups in total. The first kappa shape index (κ1) is 15.9. The van der Waals surface area contributed by atoms with Gasteiger partial charge in [-0.05, 0) is 38.2 Å². The lowest BCUT2D eigenvalue weighted by Gasteiger charge is -2.40. The molecule has 0 aromatic carbocycles. The van der Waals surface area contributed by atoms with Crippen molar-refractivity contribution in [2.24, 2.45) is 0 Å². The van der Waals surface area contributed by atoms with Crippen molar-refractivity contribution in [3.8, 4) is 0 Å². The Morgan fingerprint density at radius 1 is 1.27 bits per heavy atom. The Morgan fingerprint density at radius 2 is 1.95 bits per heavy atom. The smallest absolute Gasteiger partial charge is 0.257 e. The van der Waals surface area contributed by atoms with Crippen molar-refractivity contribution in [3.05, 3.63) is 17.5 Å². The molecule has 1 amide bonds. The summed E-state index contributed by atoms with van der Waals surface area (Å²) in [6.45, 7) is 8.57. The van der Waals surface area contributed by atoms with Crippen molar-refractivity contribution in [1.82, 2.24) is 19.6 Å². The molecule has 5 nitrogen and oxygen atoms in total. The molecule has 2 aliphatic heterocycles. The van der Waals surface area contributed by atoms with E-state index < -0.39 is 0 Å².